The van der Waals surface area contributed by atoms with Crippen LogP contribution in [0.5, 0.6) is 0 Å². The summed E-state index contributed by atoms with van der Waals surface area (Å²) in [6, 6.07) is 4.10. The normalized spacial score (nSPS) is 12.9. The van der Waals surface area contributed by atoms with Crippen molar-refractivity contribution in [2.45, 2.75) is 19.4 Å². The largest absolute Gasteiger partial charge is 0.468 e. The first kappa shape index (κ1) is 10.9. The standard InChI is InChI=1S/C11H16N4O/c1-9(10-4-3-7-16-10)12-6-5-11-14-13-8-15(11)2/h3-4,7-9,12H,5-6H2,1-2H3. The number of nitrogens with one attached hydrogen (secondary N) is 1. The Hall–Kier alpha value is -1.62. The minimum absolute atomic E-state index is 0.225. The molecule has 2 aromatic rings. The van der Waals surface area contributed by atoms with Gasteiger partial charge in [0.25, 0.3) is 0 Å². The third-order valence-electron chi connectivity index (χ3n) is 2.57. The van der Waals surface area contributed by atoms with Crippen LogP contribution in [0.2, 0.25) is 0 Å². The van der Waals surface area contributed by atoms with Crippen molar-refractivity contribution in [2.75, 3.05) is 6.54 Å². The molecule has 1 N–H and O–H groups in total. The lowest BCUT2D eigenvalue weighted by molar-refractivity contribution is 0.431. The molecular weight excluding hydrogens is 204 g/mol. The highest BCUT2D eigenvalue weighted by atomic mass is 16.3. The van der Waals surface area contributed by atoms with Crippen molar-refractivity contribution in [1.82, 2.24) is 20.1 Å². The summed E-state index contributed by atoms with van der Waals surface area (Å²) in [4.78, 5) is 0. The zero-order chi connectivity index (χ0) is 11.4. The van der Waals surface area contributed by atoms with Gasteiger partial charge in [0.1, 0.15) is 17.9 Å². The third-order valence-corrected chi connectivity index (χ3v) is 2.57. The molecule has 0 saturated carbocycles. The Morgan fingerprint density at radius 3 is 3.06 bits per heavy atom. The number of aryl methyl sites for hydroxylation is 1. The molecular formula is C11H16N4O. The van der Waals surface area contributed by atoms with Crippen molar-refractivity contribution in [2.24, 2.45) is 7.05 Å². The van der Waals surface area contributed by atoms with E-state index in [4.69, 9.17) is 4.42 Å². The molecule has 0 spiro atoms. The van der Waals surface area contributed by atoms with Gasteiger partial charge in [-0.2, -0.15) is 0 Å². The van der Waals surface area contributed by atoms with Crippen LogP contribution in [0.1, 0.15) is 24.6 Å². The van der Waals surface area contributed by atoms with Gasteiger partial charge in [0.05, 0.1) is 12.3 Å². The lowest BCUT2D eigenvalue weighted by Crippen LogP contribution is -2.21. The van der Waals surface area contributed by atoms with E-state index in [1.165, 1.54) is 0 Å². The molecule has 2 aromatic heterocycles. The minimum Gasteiger partial charge on any atom is -0.468 e. The van der Waals surface area contributed by atoms with E-state index in [0.717, 1.165) is 24.6 Å². The highest BCUT2D eigenvalue weighted by Gasteiger charge is 2.07. The second kappa shape index (κ2) is 4.94. The summed E-state index contributed by atoms with van der Waals surface area (Å²) >= 11 is 0. The van der Waals surface area contributed by atoms with Crippen LogP contribution >= 0.6 is 0 Å². The van der Waals surface area contributed by atoms with Crippen molar-refractivity contribution >= 4 is 0 Å². The molecule has 5 nitrogen and oxygen atoms in total. The van der Waals surface area contributed by atoms with Gasteiger partial charge in [0, 0.05) is 20.0 Å². The van der Waals surface area contributed by atoms with Crippen molar-refractivity contribution in [3.63, 3.8) is 0 Å². The van der Waals surface area contributed by atoms with E-state index >= 15 is 0 Å². The summed E-state index contributed by atoms with van der Waals surface area (Å²) in [5.74, 6) is 1.94. The highest BCUT2D eigenvalue weighted by molar-refractivity contribution is 5.03. The Kier molecular flexibility index (Phi) is 3.36. The fourth-order valence-corrected chi connectivity index (χ4v) is 1.57. The molecule has 5 heteroatoms. The molecule has 1 unspecified atom stereocenters. The minimum atomic E-state index is 0.225. The van der Waals surface area contributed by atoms with Crippen molar-refractivity contribution in [1.29, 1.82) is 0 Å². The molecule has 2 rings (SSSR count). The van der Waals surface area contributed by atoms with Crippen LogP contribution in [0.4, 0.5) is 0 Å². The van der Waals surface area contributed by atoms with Crippen LogP contribution in [0.15, 0.2) is 29.1 Å². The van der Waals surface area contributed by atoms with Gasteiger partial charge >= 0.3 is 0 Å². The monoisotopic (exact) mass is 220 g/mol. The maximum Gasteiger partial charge on any atom is 0.133 e. The number of rotatable bonds is 5. The molecule has 0 amide bonds. The molecule has 0 radical (unpaired) electrons. The maximum atomic E-state index is 5.31. The van der Waals surface area contributed by atoms with Crippen LogP contribution < -0.4 is 5.32 Å². The Morgan fingerprint density at radius 1 is 1.56 bits per heavy atom. The van der Waals surface area contributed by atoms with Gasteiger partial charge in [-0.05, 0) is 19.1 Å². The summed E-state index contributed by atoms with van der Waals surface area (Å²) in [7, 11) is 1.95. The van der Waals surface area contributed by atoms with Gasteiger partial charge in [0.15, 0.2) is 0 Å². The summed E-state index contributed by atoms with van der Waals surface area (Å²) < 4.78 is 7.24. The van der Waals surface area contributed by atoms with Crippen LogP contribution in [-0.2, 0) is 13.5 Å². The number of hydrogen-bond acceptors (Lipinski definition) is 4. The van der Waals surface area contributed by atoms with Crippen LogP contribution in [0.3, 0.4) is 0 Å². The van der Waals surface area contributed by atoms with E-state index in [1.807, 2.05) is 23.7 Å². The zero-order valence-electron chi connectivity index (χ0n) is 9.55. The number of hydrogen-bond donors (Lipinski definition) is 1. The lowest BCUT2D eigenvalue weighted by Gasteiger charge is -2.10. The topological polar surface area (TPSA) is 55.9 Å². The molecule has 0 fully saturated rings. The number of nitrogens with zero attached hydrogens (tertiary/aromatic N) is 3. The molecule has 2 heterocycles. The fourth-order valence-electron chi connectivity index (χ4n) is 1.57. The molecule has 0 bridgehead atoms. The summed E-state index contributed by atoms with van der Waals surface area (Å²) in [5.41, 5.74) is 0. The van der Waals surface area contributed by atoms with Gasteiger partial charge < -0.3 is 14.3 Å². The lowest BCUT2D eigenvalue weighted by atomic mass is 10.2. The molecule has 1 atom stereocenters. The summed E-state index contributed by atoms with van der Waals surface area (Å²) in [5, 5.41) is 11.2. The SMILES string of the molecule is CC(NCCc1nncn1C)c1ccco1. The van der Waals surface area contributed by atoms with Gasteiger partial charge in [0.2, 0.25) is 0 Å². The van der Waals surface area contributed by atoms with E-state index in [-0.39, 0.29) is 6.04 Å². The Balaban J connectivity index is 1.78. The number of aromatic nitrogens is 3. The van der Waals surface area contributed by atoms with E-state index < -0.39 is 0 Å². The van der Waals surface area contributed by atoms with Gasteiger partial charge in [-0.25, -0.2) is 0 Å². The molecule has 16 heavy (non-hydrogen) atoms. The summed E-state index contributed by atoms with van der Waals surface area (Å²) in [6.45, 7) is 2.93. The second-order valence-corrected chi connectivity index (χ2v) is 3.80. The maximum absolute atomic E-state index is 5.31. The predicted molar refractivity (Wildman–Crippen MR) is 59.8 cm³/mol. The van der Waals surface area contributed by atoms with E-state index in [2.05, 4.69) is 22.4 Å². The van der Waals surface area contributed by atoms with Gasteiger partial charge in [-0.1, -0.05) is 0 Å². The quantitative estimate of drug-likeness (QED) is 0.825. The van der Waals surface area contributed by atoms with E-state index in [9.17, 15) is 0 Å². The molecule has 0 aromatic carbocycles. The van der Waals surface area contributed by atoms with E-state index in [0.29, 0.717) is 0 Å². The van der Waals surface area contributed by atoms with Crippen LogP contribution in [0.25, 0.3) is 0 Å². The predicted octanol–water partition coefficient (Wildman–Crippen LogP) is 1.30. The molecule has 86 valence electrons. The highest BCUT2D eigenvalue weighted by Crippen LogP contribution is 2.11. The van der Waals surface area contributed by atoms with Crippen LogP contribution in [0, 0.1) is 0 Å². The summed E-state index contributed by atoms with van der Waals surface area (Å²) in [6.07, 6.45) is 4.27. The average molecular weight is 220 g/mol. The Bertz CT molecular complexity index is 421. The number of furan rings is 1. The molecule has 0 aliphatic heterocycles. The average Bonchev–Trinajstić information content (AvgIpc) is 2.90. The molecule has 0 aliphatic carbocycles. The van der Waals surface area contributed by atoms with Crippen molar-refractivity contribution in [3.05, 3.63) is 36.3 Å². The first-order valence-electron chi connectivity index (χ1n) is 5.37. The third kappa shape index (κ3) is 2.49. The Morgan fingerprint density at radius 2 is 2.44 bits per heavy atom. The molecule has 0 aliphatic rings. The van der Waals surface area contributed by atoms with E-state index in [1.54, 1.807) is 12.6 Å². The van der Waals surface area contributed by atoms with Crippen molar-refractivity contribution in [3.8, 4) is 0 Å². The van der Waals surface area contributed by atoms with Gasteiger partial charge in [-0.15, -0.1) is 10.2 Å². The van der Waals surface area contributed by atoms with Crippen molar-refractivity contribution < 1.29 is 4.42 Å². The fraction of sp³-hybridized carbons (Fsp3) is 0.455. The van der Waals surface area contributed by atoms with Gasteiger partial charge in [-0.3, -0.25) is 0 Å². The molecule has 0 saturated heterocycles. The smallest absolute Gasteiger partial charge is 0.133 e. The second-order valence-electron chi connectivity index (χ2n) is 3.80. The zero-order valence-corrected chi connectivity index (χ0v) is 9.55. The van der Waals surface area contributed by atoms with Crippen LogP contribution in [-0.4, -0.2) is 21.3 Å². The Labute approximate surface area is 94.5 Å². The first-order valence-corrected chi connectivity index (χ1v) is 5.37. The first-order chi connectivity index (χ1) is 7.77.